The smallest absolute Gasteiger partial charge is 0.229 e. The summed E-state index contributed by atoms with van der Waals surface area (Å²) in [6.45, 7) is 6.15. The molecule has 0 N–H and O–H groups in total. The summed E-state index contributed by atoms with van der Waals surface area (Å²) in [6.07, 6.45) is 5.66. The van der Waals surface area contributed by atoms with Crippen molar-refractivity contribution < 1.29 is 4.79 Å². The molecule has 1 amide bonds. The number of carbonyl (C=O) groups excluding carboxylic acids is 1. The number of hydrogen-bond donors (Lipinski definition) is 0. The number of allylic oxidation sites excluding steroid dienone is 1. The van der Waals surface area contributed by atoms with Crippen molar-refractivity contribution in [2.24, 2.45) is 11.3 Å². The average molecular weight is 565 g/mol. The summed E-state index contributed by atoms with van der Waals surface area (Å²) in [5.41, 5.74) is 3.11. The third kappa shape index (κ3) is 6.01. The molecule has 2 fully saturated rings. The summed E-state index contributed by atoms with van der Waals surface area (Å²) in [5, 5.41) is 1.43. The minimum absolute atomic E-state index is 0.0842. The van der Waals surface area contributed by atoms with Crippen LogP contribution in [0.3, 0.4) is 0 Å². The molecule has 2 nitrogen and oxygen atoms in total. The quantitative estimate of drug-likeness (QED) is 0.229. The first-order chi connectivity index (χ1) is 18.4. The number of likely N-dealkylation sites (tertiary alicyclic amines) is 1. The zero-order valence-electron chi connectivity index (χ0n) is 21.9. The second-order valence-corrected chi connectivity index (χ2v) is 12.9. The van der Waals surface area contributed by atoms with Crippen LogP contribution in [-0.2, 0) is 10.5 Å². The summed E-state index contributed by atoms with van der Waals surface area (Å²) < 4.78 is 0. The van der Waals surface area contributed by atoms with Crippen LogP contribution in [0.25, 0.3) is 0 Å². The molecule has 0 aromatic heterocycles. The van der Waals surface area contributed by atoms with E-state index < -0.39 is 5.41 Å². The number of carbonyl (C=O) groups is 1. The van der Waals surface area contributed by atoms with E-state index in [1.807, 2.05) is 42.1 Å². The topological polar surface area (TPSA) is 20.3 Å². The van der Waals surface area contributed by atoms with Crippen LogP contribution in [0.2, 0.25) is 10.0 Å². The highest BCUT2D eigenvalue weighted by Crippen LogP contribution is 2.54. The van der Waals surface area contributed by atoms with Crippen molar-refractivity contribution in [1.82, 2.24) is 4.90 Å². The average Bonchev–Trinajstić information content (AvgIpc) is 3.75. The van der Waals surface area contributed by atoms with E-state index in [-0.39, 0.29) is 23.9 Å². The van der Waals surface area contributed by atoms with E-state index in [0.717, 1.165) is 28.5 Å². The molecule has 38 heavy (non-hydrogen) atoms. The fourth-order valence-corrected chi connectivity index (χ4v) is 7.59. The molecule has 0 radical (unpaired) electrons. The van der Waals surface area contributed by atoms with Crippen molar-refractivity contribution in [2.45, 2.75) is 56.4 Å². The minimum atomic E-state index is -0.519. The highest BCUT2D eigenvalue weighted by Gasteiger charge is 2.53. The van der Waals surface area contributed by atoms with Gasteiger partial charge in [0.15, 0.2) is 0 Å². The minimum Gasteiger partial charge on any atom is -0.330 e. The maximum Gasteiger partial charge on any atom is 0.229 e. The van der Waals surface area contributed by atoms with Crippen LogP contribution in [0.15, 0.2) is 91.5 Å². The third-order valence-corrected chi connectivity index (χ3v) is 9.71. The zero-order valence-corrected chi connectivity index (χ0v) is 24.2. The fourth-order valence-electron chi connectivity index (χ4n) is 6.05. The van der Waals surface area contributed by atoms with Crippen molar-refractivity contribution in [3.63, 3.8) is 0 Å². The lowest BCUT2D eigenvalue weighted by molar-refractivity contribution is -0.154. The predicted octanol–water partition coefficient (Wildman–Crippen LogP) is 9.35. The Morgan fingerprint density at radius 1 is 1.00 bits per heavy atom. The SMILES string of the molecule is C=CC[C@@]1(C)C[C@H](c2cccc(Cl)c2)C(c2ccc(Cl)cc2)N([C@H](CSCc2ccccc2)C2CC2)C1=O. The molecule has 0 spiro atoms. The van der Waals surface area contributed by atoms with Crippen molar-refractivity contribution in [1.29, 1.82) is 0 Å². The maximum absolute atomic E-state index is 14.6. The Morgan fingerprint density at radius 2 is 1.74 bits per heavy atom. The van der Waals surface area contributed by atoms with Gasteiger partial charge in [-0.1, -0.05) is 90.8 Å². The molecule has 4 atom stereocenters. The van der Waals surface area contributed by atoms with Gasteiger partial charge in [0.2, 0.25) is 5.91 Å². The molecule has 5 rings (SSSR count). The van der Waals surface area contributed by atoms with Gasteiger partial charge in [0.25, 0.3) is 0 Å². The van der Waals surface area contributed by atoms with Gasteiger partial charge in [0, 0.05) is 33.5 Å². The van der Waals surface area contributed by atoms with E-state index in [0.29, 0.717) is 17.4 Å². The summed E-state index contributed by atoms with van der Waals surface area (Å²) in [5.74, 6) is 2.75. The van der Waals surface area contributed by atoms with Gasteiger partial charge < -0.3 is 4.90 Å². The van der Waals surface area contributed by atoms with Crippen LogP contribution in [0.5, 0.6) is 0 Å². The molecule has 1 aliphatic heterocycles. The van der Waals surface area contributed by atoms with Gasteiger partial charge in [-0.15, -0.1) is 6.58 Å². The molecule has 5 heteroatoms. The number of nitrogens with zero attached hydrogens (tertiary/aromatic N) is 1. The molecular weight excluding hydrogens is 529 g/mol. The first-order valence-electron chi connectivity index (χ1n) is 13.5. The van der Waals surface area contributed by atoms with Crippen LogP contribution in [0.4, 0.5) is 0 Å². The number of thioether (sulfide) groups is 1. The predicted molar refractivity (Wildman–Crippen MR) is 162 cm³/mol. The van der Waals surface area contributed by atoms with Gasteiger partial charge >= 0.3 is 0 Å². The molecule has 2 aliphatic rings. The number of rotatable bonds is 10. The molecule has 1 unspecified atom stereocenters. The number of halogens is 2. The standard InChI is InChI=1S/C33H35Cl2NOS/c1-3-18-33(2)20-29(26-10-7-11-28(35)19-26)31(25-14-16-27(34)17-15-25)36(32(33)37)30(24-12-13-24)22-38-21-23-8-5-4-6-9-23/h3-11,14-17,19,24,29-31H,1,12-13,18,20-22H2,2H3/t29-,30-,31?,33+/m1/s1. The summed E-state index contributed by atoms with van der Waals surface area (Å²) in [4.78, 5) is 16.8. The Balaban J connectivity index is 1.57. The zero-order chi connectivity index (χ0) is 26.7. The number of piperidine rings is 1. The van der Waals surface area contributed by atoms with Crippen molar-refractivity contribution in [2.75, 3.05) is 5.75 Å². The molecule has 3 aromatic carbocycles. The van der Waals surface area contributed by atoms with E-state index >= 15 is 0 Å². The lowest BCUT2D eigenvalue weighted by Crippen LogP contribution is -2.56. The van der Waals surface area contributed by atoms with E-state index in [9.17, 15) is 4.79 Å². The van der Waals surface area contributed by atoms with Crippen molar-refractivity contribution in [3.8, 4) is 0 Å². The largest absolute Gasteiger partial charge is 0.330 e. The Hall–Kier alpha value is -2.20. The molecular formula is C33H35Cl2NOS. The van der Waals surface area contributed by atoms with Gasteiger partial charge in [-0.25, -0.2) is 0 Å². The molecule has 1 saturated heterocycles. The summed E-state index contributed by atoms with van der Waals surface area (Å²) in [7, 11) is 0. The van der Waals surface area contributed by atoms with Gasteiger partial charge in [-0.3, -0.25) is 4.79 Å². The Labute approximate surface area is 241 Å². The van der Waals surface area contributed by atoms with Gasteiger partial charge in [0.1, 0.15) is 0 Å². The van der Waals surface area contributed by atoms with Gasteiger partial charge in [0.05, 0.1) is 11.5 Å². The normalized spacial score (nSPS) is 24.3. The fraction of sp³-hybridized carbons (Fsp3) is 0.364. The Bertz CT molecular complexity index is 1260. The number of amides is 1. The molecule has 1 aliphatic carbocycles. The van der Waals surface area contributed by atoms with Crippen molar-refractivity contribution >= 4 is 40.9 Å². The number of hydrogen-bond acceptors (Lipinski definition) is 2. The molecule has 1 saturated carbocycles. The van der Waals surface area contributed by atoms with E-state index in [2.05, 4.69) is 73.0 Å². The monoisotopic (exact) mass is 563 g/mol. The highest BCUT2D eigenvalue weighted by atomic mass is 35.5. The van der Waals surface area contributed by atoms with Gasteiger partial charge in [-0.2, -0.15) is 11.8 Å². The molecule has 198 valence electrons. The van der Waals surface area contributed by atoms with Gasteiger partial charge in [-0.05, 0) is 72.6 Å². The number of benzene rings is 3. The van der Waals surface area contributed by atoms with Crippen LogP contribution in [0.1, 0.15) is 61.3 Å². The Kier molecular flexibility index (Phi) is 8.57. The molecule has 3 aromatic rings. The molecule has 0 bridgehead atoms. The van der Waals surface area contributed by atoms with E-state index in [1.165, 1.54) is 24.0 Å². The summed E-state index contributed by atoms with van der Waals surface area (Å²) >= 11 is 14.8. The highest BCUT2D eigenvalue weighted by molar-refractivity contribution is 7.98. The maximum atomic E-state index is 14.6. The molecule has 1 heterocycles. The van der Waals surface area contributed by atoms with Crippen LogP contribution < -0.4 is 0 Å². The first kappa shape index (κ1) is 27.4. The summed E-state index contributed by atoms with van der Waals surface area (Å²) in [6, 6.07) is 27.0. The lowest BCUT2D eigenvalue weighted by Gasteiger charge is -2.52. The van der Waals surface area contributed by atoms with Crippen LogP contribution in [0, 0.1) is 11.3 Å². The third-order valence-electron chi connectivity index (χ3n) is 8.11. The second kappa shape index (κ2) is 11.9. The van der Waals surface area contributed by atoms with Crippen molar-refractivity contribution in [3.05, 3.63) is 118 Å². The second-order valence-electron chi connectivity index (χ2n) is 11.0. The lowest BCUT2D eigenvalue weighted by atomic mass is 9.67. The van der Waals surface area contributed by atoms with Crippen LogP contribution >= 0.6 is 35.0 Å². The van der Waals surface area contributed by atoms with Crippen LogP contribution in [-0.4, -0.2) is 22.6 Å². The Morgan fingerprint density at radius 3 is 2.39 bits per heavy atom. The van der Waals surface area contributed by atoms with E-state index in [4.69, 9.17) is 23.2 Å². The first-order valence-corrected chi connectivity index (χ1v) is 15.4. The van der Waals surface area contributed by atoms with E-state index in [1.54, 1.807) is 0 Å².